The molecule has 1 N–H and O–H groups in total. The standard InChI is InChI=1S/C31H30FN7O2S/c1-37(2)30(40)20-8-6-19(7-9-20)28-16-24-27(42-28)12-14-34-29(24)39(22-5-4-13-33-17-22)31(41)23-11-10-21(15-25(23)32)26-18-38(3)36-35-26/h6-12,14-16,18,22,33H,4-5,13,17H2,1-3H3. The largest absolute Gasteiger partial charge is 0.345 e. The van der Waals surface area contributed by atoms with Crippen molar-refractivity contribution >= 4 is 39.1 Å². The van der Waals surface area contributed by atoms with Gasteiger partial charge in [0, 0.05) is 60.0 Å². The number of hydrogen-bond donors (Lipinski definition) is 1. The minimum Gasteiger partial charge on any atom is -0.345 e. The number of piperidine rings is 1. The predicted molar refractivity (Wildman–Crippen MR) is 162 cm³/mol. The van der Waals surface area contributed by atoms with E-state index < -0.39 is 11.7 Å². The van der Waals surface area contributed by atoms with Crippen molar-refractivity contribution in [3.63, 3.8) is 0 Å². The first-order chi connectivity index (χ1) is 20.3. The van der Waals surface area contributed by atoms with Crippen molar-refractivity contribution in [2.24, 2.45) is 7.05 Å². The summed E-state index contributed by atoms with van der Waals surface area (Å²) in [4.78, 5) is 35.4. The lowest BCUT2D eigenvalue weighted by Gasteiger charge is -2.34. The third-order valence-electron chi connectivity index (χ3n) is 7.43. The van der Waals surface area contributed by atoms with Crippen LogP contribution in [0.1, 0.15) is 33.6 Å². The minimum atomic E-state index is -0.623. The SMILES string of the molecule is CN(C)C(=O)c1ccc(-c2cc3c(N(C(=O)c4ccc(-c5cn(C)nn5)cc4F)C4CCCNC4)nccc3s2)cc1. The number of hydrogen-bond acceptors (Lipinski definition) is 7. The van der Waals surface area contributed by atoms with Crippen LogP contribution in [0.5, 0.6) is 0 Å². The summed E-state index contributed by atoms with van der Waals surface area (Å²) in [6, 6.07) is 15.8. The Morgan fingerprint density at radius 3 is 2.50 bits per heavy atom. The number of nitrogens with zero attached hydrogens (tertiary/aromatic N) is 6. The number of anilines is 1. The van der Waals surface area contributed by atoms with Crippen molar-refractivity contribution in [3.05, 3.63) is 83.9 Å². The maximum absolute atomic E-state index is 15.6. The highest BCUT2D eigenvalue weighted by Gasteiger charge is 2.32. The average molecular weight is 584 g/mol. The van der Waals surface area contributed by atoms with Crippen molar-refractivity contribution in [1.82, 2.24) is 30.2 Å². The number of carbonyl (C=O) groups excluding carboxylic acids is 2. The van der Waals surface area contributed by atoms with E-state index in [2.05, 4.69) is 20.6 Å². The summed E-state index contributed by atoms with van der Waals surface area (Å²) in [6.07, 6.45) is 5.06. The fraction of sp³-hybridized carbons (Fsp3) is 0.258. The van der Waals surface area contributed by atoms with Gasteiger partial charge < -0.3 is 10.2 Å². The first-order valence-corrected chi connectivity index (χ1v) is 14.5. The Balaban J connectivity index is 1.39. The predicted octanol–water partition coefficient (Wildman–Crippen LogP) is 5.00. The second-order valence-corrected chi connectivity index (χ2v) is 11.7. The molecule has 0 saturated carbocycles. The molecule has 2 amide bonds. The third-order valence-corrected chi connectivity index (χ3v) is 8.58. The van der Waals surface area contributed by atoms with Gasteiger partial charge in [-0.1, -0.05) is 23.4 Å². The zero-order valence-corrected chi connectivity index (χ0v) is 24.4. The molecule has 4 heterocycles. The van der Waals surface area contributed by atoms with E-state index in [4.69, 9.17) is 0 Å². The zero-order chi connectivity index (χ0) is 29.4. The van der Waals surface area contributed by atoms with E-state index in [1.54, 1.807) is 65.4 Å². The number of pyridine rings is 1. The summed E-state index contributed by atoms with van der Waals surface area (Å²) in [5.74, 6) is -0.615. The van der Waals surface area contributed by atoms with Gasteiger partial charge >= 0.3 is 0 Å². The van der Waals surface area contributed by atoms with E-state index in [1.165, 1.54) is 12.1 Å². The van der Waals surface area contributed by atoms with E-state index in [0.717, 1.165) is 39.9 Å². The Morgan fingerprint density at radius 2 is 1.83 bits per heavy atom. The fourth-order valence-corrected chi connectivity index (χ4v) is 6.32. The van der Waals surface area contributed by atoms with Crippen LogP contribution in [-0.4, -0.2) is 69.9 Å². The van der Waals surface area contributed by atoms with Gasteiger partial charge in [-0.3, -0.25) is 19.2 Å². The van der Waals surface area contributed by atoms with E-state index in [1.807, 2.05) is 36.4 Å². The van der Waals surface area contributed by atoms with Gasteiger partial charge in [0.15, 0.2) is 0 Å². The number of nitrogens with one attached hydrogen (secondary N) is 1. The summed E-state index contributed by atoms with van der Waals surface area (Å²) >= 11 is 1.58. The van der Waals surface area contributed by atoms with Gasteiger partial charge in [-0.2, -0.15) is 0 Å². The van der Waals surface area contributed by atoms with Gasteiger partial charge in [0.05, 0.1) is 17.8 Å². The number of halogens is 1. The van der Waals surface area contributed by atoms with Crippen LogP contribution in [0.2, 0.25) is 0 Å². The van der Waals surface area contributed by atoms with Crippen molar-refractivity contribution in [2.75, 3.05) is 32.1 Å². The molecule has 2 aromatic carbocycles. The van der Waals surface area contributed by atoms with Gasteiger partial charge in [-0.05, 0) is 61.3 Å². The number of amides is 2. The Morgan fingerprint density at radius 1 is 1.05 bits per heavy atom. The van der Waals surface area contributed by atoms with Gasteiger partial charge in [-0.25, -0.2) is 9.37 Å². The fourth-order valence-electron chi connectivity index (χ4n) is 5.26. The number of aryl methyl sites for hydroxylation is 1. The van der Waals surface area contributed by atoms with Crippen LogP contribution in [-0.2, 0) is 7.05 Å². The highest BCUT2D eigenvalue weighted by atomic mass is 32.1. The molecule has 214 valence electrons. The highest BCUT2D eigenvalue weighted by Crippen LogP contribution is 2.39. The van der Waals surface area contributed by atoms with Gasteiger partial charge in [0.25, 0.3) is 11.8 Å². The first kappa shape index (κ1) is 27.7. The summed E-state index contributed by atoms with van der Waals surface area (Å²) in [7, 11) is 5.19. The molecule has 0 bridgehead atoms. The maximum atomic E-state index is 15.6. The van der Waals surface area contributed by atoms with Gasteiger partial charge in [0.1, 0.15) is 17.3 Å². The monoisotopic (exact) mass is 583 g/mol. The Bertz CT molecular complexity index is 1770. The highest BCUT2D eigenvalue weighted by molar-refractivity contribution is 7.22. The maximum Gasteiger partial charge on any atom is 0.262 e. The molecule has 1 atom stereocenters. The van der Waals surface area contributed by atoms with Crippen LogP contribution in [0.25, 0.3) is 31.8 Å². The van der Waals surface area contributed by atoms with Crippen molar-refractivity contribution in [1.29, 1.82) is 0 Å². The lowest BCUT2D eigenvalue weighted by atomic mass is 10.0. The molecule has 11 heteroatoms. The van der Waals surface area contributed by atoms with E-state index in [-0.39, 0.29) is 17.5 Å². The molecule has 1 aliphatic rings. The van der Waals surface area contributed by atoms with Crippen molar-refractivity contribution in [3.8, 4) is 21.7 Å². The summed E-state index contributed by atoms with van der Waals surface area (Å²) in [5, 5.41) is 12.2. The summed E-state index contributed by atoms with van der Waals surface area (Å²) in [5.41, 5.74) is 2.62. The molecular formula is C31H30FN7O2S. The van der Waals surface area contributed by atoms with Crippen LogP contribution in [0.4, 0.5) is 10.2 Å². The molecule has 3 aromatic heterocycles. The number of thiophene rings is 1. The molecular weight excluding hydrogens is 553 g/mol. The van der Waals surface area contributed by atoms with E-state index in [9.17, 15) is 9.59 Å². The lowest BCUT2D eigenvalue weighted by Crippen LogP contribution is -2.49. The Kier molecular flexibility index (Phi) is 7.53. The average Bonchev–Trinajstić information content (AvgIpc) is 3.64. The molecule has 5 aromatic rings. The topological polar surface area (TPSA) is 96.3 Å². The van der Waals surface area contributed by atoms with Crippen LogP contribution in [0, 0.1) is 5.82 Å². The molecule has 1 aliphatic heterocycles. The lowest BCUT2D eigenvalue weighted by molar-refractivity contribution is 0.0827. The molecule has 42 heavy (non-hydrogen) atoms. The third kappa shape index (κ3) is 5.28. The molecule has 0 aliphatic carbocycles. The number of carbonyl (C=O) groups is 2. The zero-order valence-electron chi connectivity index (χ0n) is 23.5. The molecule has 1 fully saturated rings. The Labute approximate surface area is 246 Å². The van der Waals surface area contributed by atoms with Crippen LogP contribution in [0.15, 0.2) is 67.0 Å². The van der Waals surface area contributed by atoms with Crippen molar-refractivity contribution < 1.29 is 14.0 Å². The first-order valence-electron chi connectivity index (χ1n) is 13.7. The normalized spacial score (nSPS) is 15.1. The van der Waals surface area contributed by atoms with Crippen LogP contribution in [0.3, 0.4) is 0 Å². The number of aromatic nitrogens is 4. The number of fused-ring (bicyclic) bond motifs is 1. The van der Waals surface area contributed by atoms with Crippen molar-refractivity contribution in [2.45, 2.75) is 18.9 Å². The number of rotatable bonds is 6. The molecule has 6 rings (SSSR count). The van der Waals surface area contributed by atoms with E-state index in [0.29, 0.717) is 29.2 Å². The minimum absolute atomic E-state index is 0.0244. The van der Waals surface area contributed by atoms with Gasteiger partial charge in [0.2, 0.25) is 0 Å². The van der Waals surface area contributed by atoms with Gasteiger partial charge in [-0.15, -0.1) is 16.4 Å². The second kappa shape index (κ2) is 11.4. The van der Waals surface area contributed by atoms with Crippen LogP contribution >= 0.6 is 11.3 Å². The smallest absolute Gasteiger partial charge is 0.262 e. The molecule has 0 radical (unpaired) electrons. The number of benzene rings is 2. The second-order valence-electron chi connectivity index (χ2n) is 10.6. The van der Waals surface area contributed by atoms with Crippen LogP contribution < -0.4 is 10.2 Å². The summed E-state index contributed by atoms with van der Waals surface area (Å²) < 4.78 is 18.1. The molecule has 1 saturated heterocycles. The molecule has 9 nitrogen and oxygen atoms in total. The Hall–Kier alpha value is -4.48. The molecule has 1 unspecified atom stereocenters. The molecule has 0 spiro atoms. The van der Waals surface area contributed by atoms with E-state index >= 15 is 4.39 Å². The summed E-state index contributed by atoms with van der Waals surface area (Å²) in [6.45, 7) is 1.45. The quantitative estimate of drug-likeness (QED) is 0.302.